The lowest BCUT2D eigenvalue weighted by Crippen LogP contribution is -1.70. The largest absolute Gasteiger partial charge is 0.132 e. The van der Waals surface area contributed by atoms with Crippen LogP contribution in [0, 0.1) is 0 Å². The molecular formula is C7H6Br2S. The third-order valence-corrected chi connectivity index (χ3v) is 3.69. The Balaban J connectivity index is 2.91. The predicted molar refractivity (Wildman–Crippen MR) is 53.6 cm³/mol. The van der Waals surface area contributed by atoms with Gasteiger partial charge in [-0.25, -0.2) is 0 Å². The molecule has 0 saturated heterocycles. The molecule has 0 bridgehead atoms. The molecule has 0 unspecified atom stereocenters. The molecule has 0 aliphatic heterocycles. The summed E-state index contributed by atoms with van der Waals surface area (Å²) in [5, 5.41) is 0. The van der Waals surface area contributed by atoms with Gasteiger partial charge in [0.1, 0.15) is 0 Å². The zero-order valence-electron chi connectivity index (χ0n) is 5.23. The maximum Gasteiger partial charge on any atom is 0.0713 e. The lowest BCUT2D eigenvalue weighted by atomic mass is 10.3. The molecular weight excluding hydrogens is 276 g/mol. The topological polar surface area (TPSA) is 0 Å². The van der Waals surface area contributed by atoms with Crippen molar-refractivity contribution in [3.05, 3.63) is 31.9 Å². The normalized spacial score (nSPS) is 9.80. The van der Waals surface area contributed by atoms with E-state index in [9.17, 15) is 0 Å². The Bertz CT molecular complexity index is 240. The van der Waals surface area contributed by atoms with Gasteiger partial charge < -0.3 is 0 Å². The number of allylic oxidation sites excluding steroid dienone is 1. The van der Waals surface area contributed by atoms with Crippen LogP contribution in [0.3, 0.4) is 0 Å². The van der Waals surface area contributed by atoms with Gasteiger partial charge in [0.05, 0.1) is 3.79 Å². The van der Waals surface area contributed by atoms with Gasteiger partial charge in [-0.3, -0.25) is 0 Å². The van der Waals surface area contributed by atoms with E-state index in [0.717, 1.165) is 10.2 Å². The van der Waals surface area contributed by atoms with E-state index in [0.29, 0.717) is 0 Å². The third kappa shape index (κ3) is 1.94. The van der Waals surface area contributed by atoms with E-state index in [1.807, 2.05) is 6.08 Å². The Morgan fingerprint density at radius 1 is 1.60 bits per heavy atom. The van der Waals surface area contributed by atoms with E-state index in [-0.39, 0.29) is 0 Å². The number of rotatable bonds is 2. The molecule has 3 heteroatoms. The van der Waals surface area contributed by atoms with Gasteiger partial charge in [-0.05, 0) is 37.9 Å². The Morgan fingerprint density at radius 2 is 2.30 bits per heavy atom. The van der Waals surface area contributed by atoms with E-state index >= 15 is 0 Å². The number of hydrogen-bond acceptors (Lipinski definition) is 1. The van der Waals surface area contributed by atoms with Gasteiger partial charge in [0, 0.05) is 15.8 Å². The summed E-state index contributed by atoms with van der Waals surface area (Å²) >= 11 is 8.60. The van der Waals surface area contributed by atoms with Crippen LogP contribution in [-0.2, 0) is 6.42 Å². The molecule has 0 N–H and O–H groups in total. The van der Waals surface area contributed by atoms with E-state index in [4.69, 9.17) is 0 Å². The molecule has 0 amide bonds. The number of hydrogen-bond donors (Lipinski definition) is 0. The molecule has 10 heavy (non-hydrogen) atoms. The number of halogens is 2. The summed E-state index contributed by atoms with van der Waals surface area (Å²) in [6.45, 7) is 3.68. The van der Waals surface area contributed by atoms with E-state index in [1.54, 1.807) is 11.3 Å². The van der Waals surface area contributed by atoms with Crippen LogP contribution in [-0.4, -0.2) is 0 Å². The zero-order chi connectivity index (χ0) is 7.56. The fourth-order valence-electron chi connectivity index (χ4n) is 0.646. The molecule has 1 aromatic heterocycles. The maximum atomic E-state index is 3.68. The minimum Gasteiger partial charge on any atom is -0.132 e. The number of thiophene rings is 1. The summed E-state index contributed by atoms with van der Waals surface area (Å²) in [7, 11) is 0. The second-order valence-electron chi connectivity index (χ2n) is 1.81. The van der Waals surface area contributed by atoms with Gasteiger partial charge in [0.15, 0.2) is 0 Å². The smallest absolute Gasteiger partial charge is 0.0713 e. The second kappa shape index (κ2) is 3.69. The third-order valence-electron chi connectivity index (χ3n) is 1.06. The Kier molecular flexibility index (Phi) is 3.14. The fraction of sp³-hybridized carbons (Fsp3) is 0.143. The van der Waals surface area contributed by atoms with Crippen molar-refractivity contribution in [2.75, 3.05) is 0 Å². The van der Waals surface area contributed by atoms with Gasteiger partial charge in [-0.1, -0.05) is 6.08 Å². The highest BCUT2D eigenvalue weighted by molar-refractivity contribution is 9.11. The van der Waals surface area contributed by atoms with Crippen LogP contribution >= 0.6 is 43.2 Å². The molecule has 0 nitrogen and oxygen atoms in total. The van der Waals surface area contributed by atoms with Gasteiger partial charge in [-0.15, -0.1) is 17.9 Å². The molecule has 1 heterocycles. The summed E-state index contributed by atoms with van der Waals surface area (Å²) in [6.07, 6.45) is 2.85. The van der Waals surface area contributed by atoms with Crippen molar-refractivity contribution in [1.29, 1.82) is 0 Å². The van der Waals surface area contributed by atoms with Crippen LogP contribution in [0.5, 0.6) is 0 Å². The molecule has 1 aromatic rings. The molecule has 0 aliphatic carbocycles. The summed E-state index contributed by atoms with van der Waals surface area (Å²) < 4.78 is 2.33. The van der Waals surface area contributed by atoms with Gasteiger partial charge >= 0.3 is 0 Å². The zero-order valence-corrected chi connectivity index (χ0v) is 9.22. The van der Waals surface area contributed by atoms with Crippen LogP contribution in [0.1, 0.15) is 4.88 Å². The van der Waals surface area contributed by atoms with E-state index in [1.165, 1.54) is 9.35 Å². The van der Waals surface area contributed by atoms with Crippen LogP contribution in [0.25, 0.3) is 0 Å². The van der Waals surface area contributed by atoms with Crippen molar-refractivity contribution in [3.63, 3.8) is 0 Å². The molecule has 0 saturated carbocycles. The molecule has 0 radical (unpaired) electrons. The molecule has 0 aromatic carbocycles. The molecule has 1 rings (SSSR count). The summed E-state index contributed by atoms with van der Waals surface area (Å²) in [5.74, 6) is 0. The Labute approximate surface area is 81.2 Å². The molecule has 0 fully saturated rings. The average molecular weight is 282 g/mol. The second-order valence-corrected chi connectivity index (χ2v) is 5.18. The standard InChI is InChI=1S/C7H6Br2S/c1-2-3-6-5(8)4-7(9)10-6/h2,4H,1,3H2. The van der Waals surface area contributed by atoms with Gasteiger partial charge in [0.2, 0.25) is 0 Å². The summed E-state index contributed by atoms with van der Waals surface area (Å²) in [6, 6.07) is 2.06. The van der Waals surface area contributed by atoms with Crippen molar-refractivity contribution in [2.45, 2.75) is 6.42 Å². The van der Waals surface area contributed by atoms with Crippen LogP contribution in [0.2, 0.25) is 0 Å². The fourth-order valence-corrected chi connectivity index (χ4v) is 3.32. The minimum absolute atomic E-state index is 0.941. The van der Waals surface area contributed by atoms with Crippen molar-refractivity contribution in [1.82, 2.24) is 0 Å². The van der Waals surface area contributed by atoms with Crippen molar-refractivity contribution in [2.24, 2.45) is 0 Å². The first-order valence-corrected chi connectivity index (χ1v) is 5.19. The quantitative estimate of drug-likeness (QED) is 0.719. The van der Waals surface area contributed by atoms with Crippen LogP contribution in [0.4, 0.5) is 0 Å². The first-order chi connectivity index (χ1) is 4.74. The molecule has 54 valence electrons. The Morgan fingerprint density at radius 3 is 2.70 bits per heavy atom. The molecule has 0 spiro atoms. The molecule has 0 aliphatic rings. The highest BCUT2D eigenvalue weighted by Crippen LogP contribution is 2.31. The highest BCUT2D eigenvalue weighted by Gasteiger charge is 2.01. The maximum absolute atomic E-state index is 3.68. The average Bonchev–Trinajstić information content (AvgIpc) is 2.13. The SMILES string of the molecule is C=CCc1sc(Br)cc1Br. The van der Waals surface area contributed by atoms with Crippen molar-refractivity contribution < 1.29 is 0 Å². The first-order valence-electron chi connectivity index (χ1n) is 2.78. The van der Waals surface area contributed by atoms with Crippen molar-refractivity contribution >= 4 is 43.2 Å². The lowest BCUT2D eigenvalue weighted by Gasteiger charge is -1.87. The lowest BCUT2D eigenvalue weighted by molar-refractivity contribution is 1.34. The van der Waals surface area contributed by atoms with Gasteiger partial charge in [-0.2, -0.15) is 0 Å². The van der Waals surface area contributed by atoms with Gasteiger partial charge in [0.25, 0.3) is 0 Å². The minimum atomic E-state index is 0.941. The molecule has 0 atom stereocenters. The Hall–Kier alpha value is 0.400. The summed E-state index contributed by atoms with van der Waals surface area (Å²) in [5.41, 5.74) is 0. The predicted octanol–water partition coefficient (Wildman–Crippen LogP) is 4.00. The van der Waals surface area contributed by atoms with E-state index in [2.05, 4.69) is 44.5 Å². The van der Waals surface area contributed by atoms with E-state index < -0.39 is 0 Å². The van der Waals surface area contributed by atoms with Crippen LogP contribution in [0.15, 0.2) is 27.0 Å². The monoisotopic (exact) mass is 280 g/mol. The summed E-state index contributed by atoms with van der Waals surface area (Å²) in [4.78, 5) is 1.32. The van der Waals surface area contributed by atoms with Crippen molar-refractivity contribution in [3.8, 4) is 0 Å². The van der Waals surface area contributed by atoms with Crippen LogP contribution < -0.4 is 0 Å². The highest BCUT2D eigenvalue weighted by atomic mass is 79.9. The first kappa shape index (κ1) is 8.50.